The van der Waals surface area contributed by atoms with Crippen LogP contribution in [0, 0.1) is 0 Å². The van der Waals surface area contributed by atoms with Gasteiger partial charge in [0.05, 0.1) is 24.3 Å². The highest BCUT2D eigenvalue weighted by atomic mass is 35.5. The lowest BCUT2D eigenvalue weighted by molar-refractivity contribution is -0.135. The van der Waals surface area contributed by atoms with Gasteiger partial charge in [-0.1, -0.05) is 23.2 Å². The van der Waals surface area contributed by atoms with Crippen LogP contribution in [-0.4, -0.2) is 79.3 Å². The number of carbonyl (C=O) groups excluding carboxylic acids is 1. The summed E-state index contributed by atoms with van der Waals surface area (Å²) in [5.74, 6) is 2.55. The van der Waals surface area contributed by atoms with Gasteiger partial charge in [-0.15, -0.1) is 0 Å². The molecule has 1 aromatic carbocycles. The van der Waals surface area contributed by atoms with Crippen molar-refractivity contribution in [2.45, 2.75) is 12.5 Å². The van der Waals surface area contributed by atoms with Gasteiger partial charge in [0.1, 0.15) is 5.75 Å². The van der Waals surface area contributed by atoms with Gasteiger partial charge < -0.3 is 14.4 Å². The molecule has 2 saturated heterocycles. The average Bonchev–Trinajstić information content (AvgIpc) is 2.87. The number of hydrogen-bond acceptors (Lipinski definition) is 5. The molecule has 2 aliphatic rings. The van der Waals surface area contributed by atoms with E-state index in [1.165, 1.54) is 0 Å². The zero-order valence-corrected chi connectivity index (χ0v) is 17.0. The van der Waals surface area contributed by atoms with E-state index in [2.05, 4.69) is 4.90 Å². The van der Waals surface area contributed by atoms with Gasteiger partial charge in [0, 0.05) is 37.0 Å². The van der Waals surface area contributed by atoms with E-state index in [1.54, 1.807) is 18.2 Å². The van der Waals surface area contributed by atoms with Crippen LogP contribution < -0.4 is 4.74 Å². The fraction of sp³-hybridized carbons (Fsp3) is 0.611. The SMILES string of the molecule is O=C(COc1ccc(Cl)cc1Cl)N1CCCSC[C@@H]1CN1CCOCC1. The number of hydrogen-bond donors (Lipinski definition) is 0. The number of morpholine rings is 1. The Labute approximate surface area is 168 Å². The van der Waals surface area contributed by atoms with Gasteiger partial charge in [-0.3, -0.25) is 9.69 Å². The summed E-state index contributed by atoms with van der Waals surface area (Å²) in [6.45, 7) is 5.06. The third-order valence-corrected chi connectivity index (χ3v) is 6.31. The summed E-state index contributed by atoms with van der Waals surface area (Å²) in [4.78, 5) is 17.2. The van der Waals surface area contributed by atoms with Crippen molar-refractivity contribution in [3.63, 3.8) is 0 Å². The molecule has 1 aromatic rings. The van der Waals surface area contributed by atoms with Crippen LogP contribution in [0.25, 0.3) is 0 Å². The molecule has 1 atom stereocenters. The molecule has 5 nitrogen and oxygen atoms in total. The predicted octanol–water partition coefficient (Wildman–Crippen LogP) is 3.04. The van der Waals surface area contributed by atoms with Crippen LogP contribution in [0.15, 0.2) is 18.2 Å². The molecular formula is C18H24Cl2N2O3S. The van der Waals surface area contributed by atoms with Crippen LogP contribution in [0.2, 0.25) is 10.0 Å². The minimum Gasteiger partial charge on any atom is -0.482 e. The highest BCUT2D eigenvalue weighted by molar-refractivity contribution is 7.99. The largest absolute Gasteiger partial charge is 0.482 e. The first-order chi connectivity index (χ1) is 12.6. The molecule has 0 unspecified atom stereocenters. The van der Waals surface area contributed by atoms with E-state index in [1.807, 2.05) is 16.7 Å². The van der Waals surface area contributed by atoms with E-state index in [0.29, 0.717) is 15.8 Å². The topological polar surface area (TPSA) is 42.0 Å². The number of carbonyl (C=O) groups is 1. The second kappa shape index (κ2) is 10.0. The van der Waals surface area contributed by atoms with Crippen molar-refractivity contribution in [1.82, 2.24) is 9.80 Å². The maximum Gasteiger partial charge on any atom is 0.260 e. The first-order valence-electron chi connectivity index (χ1n) is 8.88. The zero-order chi connectivity index (χ0) is 18.4. The van der Waals surface area contributed by atoms with Gasteiger partial charge >= 0.3 is 0 Å². The van der Waals surface area contributed by atoms with Crippen LogP contribution in [0.3, 0.4) is 0 Å². The van der Waals surface area contributed by atoms with Crippen LogP contribution in [0.5, 0.6) is 5.75 Å². The molecule has 0 N–H and O–H groups in total. The van der Waals surface area contributed by atoms with Gasteiger partial charge in [0.2, 0.25) is 0 Å². The lowest BCUT2D eigenvalue weighted by Gasteiger charge is -2.35. The van der Waals surface area contributed by atoms with Crippen molar-refractivity contribution in [2.24, 2.45) is 0 Å². The highest BCUT2D eigenvalue weighted by Gasteiger charge is 2.28. The molecular weight excluding hydrogens is 395 g/mol. The number of halogens is 2. The molecule has 0 spiro atoms. The lowest BCUT2D eigenvalue weighted by Crippen LogP contribution is -2.51. The molecule has 0 aromatic heterocycles. The van der Waals surface area contributed by atoms with Crippen molar-refractivity contribution in [3.8, 4) is 5.75 Å². The van der Waals surface area contributed by atoms with Crippen molar-refractivity contribution < 1.29 is 14.3 Å². The normalized spacial score (nSPS) is 22.1. The Kier molecular flexibility index (Phi) is 7.76. The fourth-order valence-corrected chi connectivity index (χ4v) is 4.73. The first kappa shape index (κ1) is 20.1. The van der Waals surface area contributed by atoms with Crippen molar-refractivity contribution in [1.29, 1.82) is 0 Å². The maximum absolute atomic E-state index is 12.8. The van der Waals surface area contributed by atoms with Crippen LogP contribution >= 0.6 is 35.0 Å². The molecule has 2 heterocycles. The van der Waals surface area contributed by atoms with Gasteiger partial charge in [0.25, 0.3) is 5.91 Å². The van der Waals surface area contributed by atoms with Crippen molar-refractivity contribution in [2.75, 3.05) is 57.5 Å². The number of nitrogens with zero attached hydrogens (tertiary/aromatic N) is 2. The van der Waals surface area contributed by atoms with Gasteiger partial charge in [-0.05, 0) is 30.4 Å². The summed E-state index contributed by atoms with van der Waals surface area (Å²) in [6.07, 6.45) is 1.01. The second-order valence-corrected chi connectivity index (χ2v) is 8.44. The van der Waals surface area contributed by atoms with Gasteiger partial charge in [-0.25, -0.2) is 0 Å². The summed E-state index contributed by atoms with van der Waals surface area (Å²) >= 11 is 14.0. The smallest absolute Gasteiger partial charge is 0.260 e. The predicted molar refractivity (Wildman–Crippen MR) is 107 cm³/mol. The highest BCUT2D eigenvalue weighted by Crippen LogP contribution is 2.27. The van der Waals surface area contributed by atoms with E-state index in [0.717, 1.165) is 57.3 Å². The fourth-order valence-electron chi connectivity index (χ4n) is 3.20. The molecule has 8 heteroatoms. The van der Waals surface area contributed by atoms with Gasteiger partial charge in [0.15, 0.2) is 6.61 Å². The number of amides is 1. The second-order valence-electron chi connectivity index (χ2n) is 6.45. The average molecular weight is 419 g/mol. The van der Waals surface area contributed by atoms with Gasteiger partial charge in [-0.2, -0.15) is 11.8 Å². The number of benzene rings is 1. The number of ether oxygens (including phenoxy) is 2. The lowest BCUT2D eigenvalue weighted by atomic mass is 10.2. The minimum absolute atomic E-state index is 0.00830. The molecule has 2 aliphatic heterocycles. The molecule has 0 saturated carbocycles. The quantitative estimate of drug-likeness (QED) is 0.734. The van der Waals surface area contributed by atoms with E-state index in [4.69, 9.17) is 32.7 Å². The monoisotopic (exact) mass is 418 g/mol. The number of thioether (sulfide) groups is 1. The summed E-state index contributed by atoms with van der Waals surface area (Å²) < 4.78 is 11.1. The molecule has 144 valence electrons. The zero-order valence-electron chi connectivity index (χ0n) is 14.7. The molecule has 3 rings (SSSR count). The van der Waals surface area contributed by atoms with Crippen LogP contribution in [-0.2, 0) is 9.53 Å². The van der Waals surface area contributed by atoms with Crippen molar-refractivity contribution in [3.05, 3.63) is 28.2 Å². The molecule has 0 radical (unpaired) electrons. The van der Waals surface area contributed by atoms with E-state index < -0.39 is 0 Å². The third-order valence-electron chi connectivity index (χ3n) is 4.58. The Hall–Kier alpha value is -0.660. The molecule has 2 fully saturated rings. The Morgan fingerprint density at radius 3 is 2.85 bits per heavy atom. The van der Waals surface area contributed by atoms with E-state index in [-0.39, 0.29) is 18.6 Å². The van der Waals surface area contributed by atoms with Crippen LogP contribution in [0.1, 0.15) is 6.42 Å². The summed E-state index contributed by atoms with van der Waals surface area (Å²) in [5, 5.41) is 0.963. The molecule has 0 bridgehead atoms. The Morgan fingerprint density at radius 1 is 1.27 bits per heavy atom. The van der Waals surface area contributed by atoms with Crippen molar-refractivity contribution >= 4 is 40.9 Å². The summed E-state index contributed by atoms with van der Waals surface area (Å²) in [7, 11) is 0. The summed E-state index contributed by atoms with van der Waals surface area (Å²) in [5.41, 5.74) is 0. The van der Waals surface area contributed by atoms with E-state index in [9.17, 15) is 4.79 Å². The standard InChI is InChI=1S/C18H24Cl2N2O3S/c19-14-2-3-17(16(20)10-14)25-12-18(23)22-4-1-9-26-13-15(22)11-21-5-7-24-8-6-21/h2-3,10,15H,1,4-9,11-13H2/t15-/m0/s1. The third kappa shape index (κ3) is 5.67. The summed E-state index contributed by atoms with van der Waals surface area (Å²) in [6, 6.07) is 5.22. The number of rotatable bonds is 5. The molecule has 26 heavy (non-hydrogen) atoms. The first-order valence-corrected chi connectivity index (χ1v) is 10.8. The molecule has 0 aliphatic carbocycles. The Balaban J connectivity index is 1.60. The Bertz CT molecular complexity index is 614. The Morgan fingerprint density at radius 2 is 2.08 bits per heavy atom. The molecule has 1 amide bonds. The van der Waals surface area contributed by atoms with E-state index >= 15 is 0 Å². The van der Waals surface area contributed by atoms with Crippen LogP contribution in [0.4, 0.5) is 0 Å². The minimum atomic E-state index is -0.00830. The maximum atomic E-state index is 12.8.